The third-order valence-electron chi connectivity index (χ3n) is 10.5. The number of aliphatic hydroxyl groups excluding tert-OH is 1. The standard InChI is InChI=1S/C25H44O/c1-6-7-17(3)20-10-11-21-19-9-8-18-14-16(2)12-13-24(18,4)22(19)15-23(26)25(20,21)5/h16-23,26H,6-15H2,1-5H3/t16-,17-,18-,19?,20?,21+,22+,23+,24+,25-/m1/s1. The SMILES string of the molecule is CCC[C@@H](C)C1CC[C@H]2C3CC[C@@H]4C[C@H](C)CC[C@]4(C)[C@H]3C[C@H](O)[C@]12C. The Morgan fingerprint density at radius 2 is 1.77 bits per heavy atom. The molecule has 0 aromatic carbocycles. The van der Waals surface area contributed by atoms with Gasteiger partial charge in [-0.1, -0.05) is 53.9 Å². The van der Waals surface area contributed by atoms with Crippen LogP contribution in [0.15, 0.2) is 0 Å². The van der Waals surface area contributed by atoms with E-state index in [2.05, 4.69) is 34.6 Å². The Balaban J connectivity index is 1.61. The first-order valence-electron chi connectivity index (χ1n) is 12.0. The molecule has 0 amide bonds. The first-order chi connectivity index (χ1) is 12.3. The lowest BCUT2D eigenvalue weighted by Crippen LogP contribution is -2.58. The van der Waals surface area contributed by atoms with Crippen molar-refractivity contribution in [3.63, 3.8) is 0 Å². The summed E-state index contributed by atoms with van der Waals surface area (Å²) in [4.78, 5) is 0. The maximum absolute atomic E-state index is 11.5. The molecular weight excluding hydrogens is 316 g/mol. The van der Waals surface area contributed by atoms with Crippen molar-refractivity contribution in [2.75, 3.05) is 0 Å². The van der Waals surface area contributed by atoms with Crippen LogP contribution in [0.3, 0.4) is 0 Å². The van der Waals surface area contributed by atoms with Crippen molar-refractivity contribution >= 4 is 0 Å². The molecular formula is C25H44O. The minimum absolute atomic E-state index is 0.0597. The van der Waals surface area contributed by atoms with Gasteiger partial charge in [0, 0.05) is 0 Å². The van der Waals surface area contributed by atoms with Crippen molar-refractivity contribution in [1.82, 2.24) is 0 Å². The van der Waals surface area contributed by atoms with Crippen LogP contribution in [0.5, 0.6) is 0 Å². The first kappa shape index (κ1) is 19.3. The normalized spacial score (nSPS) is 54.9. The van der Waals surface area contributed by atoms with Gasteiger partial charge in [-0.3, -0.25) is 0 Å². The second-order valence-corrected chi connectivity index (χ2v) is 11.6. The summed E-state index contributed by atoms with van der Waals surface area (Å²) in [5.41, 5.74) is 0.714. The molecule has 0 spiro atoms. The predicted molar refractivity (Wildman–Crippen MR) is 110 cm³/mol. The Kier molecular flexibility index (Phi) is 5.03. The van der Waals surface area contributed by atoms with Crippen LogP contribution in [0.2, 0.25) is 0 Å². The minimum atomic E-state index is -0.0597. The molecule has 0 radical (unpaired) electrons. The van der Waals surface area contributed by atoms with E-state index in [1.807, 2.05) is 0 Å². The van der Waals surface area contributed by atoms with E-state index in [1.54, 1.807) is 0 Å². The molecule has 0 aromatic heterocycles. The Morgan fingerprint density at radius 1 is 1.00 bits per heavy atom. The maximum atomic E-state index is 11.5. The number of hydrogen-bond acceptors (Lipinski definition) is 1. The van der Waals surface area contributed by atoms with Gasteiger partial charge in [0.05, 0.1) is 6.10 Å². The van der Waals surface area contributed by atoms with Crippen LogP contribution < -0.4 is 0 Å². The van der Waals surface area contributed by atoms with E-state index in [1.165, 1.54) is 57.8 Å². The summed E-state index contributed by atoms with van der Waals surface area (Å²) in [5, 5.41) is 11.5. The van der Waals surface area contributed by atoms with E-state index in [0.717, 1.165) is 47.8 Å². The number of fused-ring (bicyclic) bond motifs is 5. The second-order valence-electron chi connectivity index (χ2n) is 11.6. The lowest BCUT2D eigenvalue weighted by molar-refractivity contribution is -0.171. The Bertz CT molecular complexity index is 514. The summed E-state index contributed by atoms with van der Waals surface area (Å²) < 4.78 is 0. The summed E-state index contributed by atoms with van der Waals surface area (Å²) in [5.74, 6) is 5.87. The molecule has 1 heteroatoms. The van der Waals surface area contributed by atoms with E-state index in [9.17, 15) is 5.11 Å². The fraction of sp³-hybridized carbons (Fsp3) is 1.00. The van der Waals surface area contributed by atoms with Crippen LogP contribution in [0.1, 0.15) is 98.8 Å². The van der Waals surface area contributed by atoms with Crippen molar-refractivity contribution in [2.24, 2.45) is 52.3 Å². The van der Waals surface area contributed by atoms with Gasteiger partial charge in [-0.15, -0.1) is 0 Å². The Hall–Kier alpha value is -0.0400. The average Bonchev–Trinajstić information content (AvgIpc) is 2.96. The van der Waals surface area contributed by atoms with Crippen molar-refractivity contribution in [1.29, 1.82) is 0 Å². The van der Waals surface area contributed by atoms with E-state index in [0.29, 0.717) is 5.41 Å². The molecule has 0 saturated heterocycles. The number of hydrogen-bond donors (Lipinski definition) is 1. The lowest BCUT2D eigenvalue weighted by Gasteiger charge is -2.62. The second kappa shape index (κ2) is 6.78. The zero-order valence-electron chi connectivity index (χ0n) is 18.1. The molecule has 0 heterocycles. The molecule has 4 saturated carbocycles. The Labute approximate surface area is 162 Å². The van der Waals surface area contributed by atoms with Gasteiger partial charge in [-0.2, -0.15) is 0 Å². The van der Waals surface area contributed by atoms with Crippen molar-refractivity contribution in [3.05, 3.63) is 0 Å². The van der Waals surface area contributed by atoms with Crippen LogP contribution in [-0.4, -0.2) is 11.2 Å². The fourth-order valence-corrected chi connectivity index (χ4v) is 9.05. The van der Waals surface area contributed by atoms with Gasteiger partial charge in [0.15, 0.2) is 0 Å². The highest BCUT2D eigenvalue weighted by molar-refractivity contribution is 5.12. The van der Waals surface area contributed by atoms with Crippen LogP contribution in [0.4, 0.5) is 0 Å². The average molecular weight is 361 g/mol. The van der Waals surface area contributed by atoms with E-state index in [-0.39, 0.29) is 11.5 Å². The summed E-state index contributed by atoms with van der Waals surface area (Å²) in [7, 11) is 0. The highest BCUT2D eigenvalue weighted by Gasteiger charge is 2.63. The van der Waals surface area contributed by atoms with E-state index < -0.39 is 0 Å². The van der Waals surface area contributed by atoms with Crippen LogP contribution in [0.25, 0.3) is 0 Å². The molecule has 0 bridgehead atoms. The molecule has 4 rings (SSSR count). The molecule has 26 heavy (non-hydrogen) atoms. The highest BCUT2D eigenvalue weighted by Crippen LogP contribution is 2.68. The summed E-state index contributed by atoms with van der Waals surface area (Å²) in [6.45, 7) is 12.4. The van der Waals surface area contributed by atoms with Crippen LogP contribution in [0, 0.1) is 52.3 Å². The maximum Gasteiger partial charge on any atom is 0.0602 e. The summed E-state index contributed by atoms with van der Waals surface area (Å²) >= 11 is 0. The minimum Gasteiger partial charge on any atom is -0.393 e. The van der Waals surface area contributed by atoms with Gasteiger partial charge in [-0.25, -0.2) is 0 Å². The third-order valence-corrected chi connectivity index (χ3v) is 10.5. The smallest absolute Gasteiger partial charge is 0.0602 e. The zero-order valence-corrected chi connectivity index (χ0v) is 18.1. The largest absolute Gasteiger partial charge is 0.393 e. The first-order valence-corrected chi connectivity index (χ1v) is 12.0. The fourth-order valence-electron chi connectivity index (χ4n) is 9.05. The van der Waals surface area contributed by atoms with Crippen LogP contribution >= 0.6 is 0 Å². The van der Waals surface area contributed by atoms with Gasteiger partial charge < -0.3 is 5.11 Å². The van der Waals surface area contributed by atoms with Gasteiger partial charge in [0.1, 0.15) is 0 Å². The molecule has 0 aliphatic heterocycles. The van der Waals surface area contributed by atoms with Gasteiger partial charge >= 0.3 is 0 Å². The monoisotopic (exact) mass is 360 g/mol. The van der Waals surface area contributed by atoms with Gasteiger partial charge in [0.25, 0.3) is 0 Å². The van der Waals surface area contributed by atoms with Gasteiger partial charge in [-0.05, 0) is 97.2 Å². The quantitative estimate of drug-likeness (QED) is 0.594. The van der Waals surface area contributed by atoms with Gasteiger partial charge in [0.2, 0.25) is 0 Å². The highest BCUT2D eigenvalue weighted by atomic mass is 16.3. The summed E-state index contributed by atoms with van der Waals surface area (Å²) in [6, 6.07) is 0. The molecule has 4 aliphatic rings. The molecule has 10 atom stereocenters. The lowest BCUT2D eigenvalue weighted by atomic mass is 9.43. The van der Waals surface area contributed by atoms with Crippen LogP contribution in [-0.2, 0) is 0 Å². The van der Waals surface area contributed by atoms with E-state index in [4.69, 9.17) is 0 Å². The predicted octanol–water partition coefficient (Wildman–Crippen LogP) is 6.69. The Morgan fingerprint density at radius 3 is 2.50 bits per heavy atom. The molecule has 0 aromatic rings. The molecule has 150 valence electrons. The molecule has 1 N–H and O–H groups in total. The molecule has 2 unspecified atom stereocenters. The molecule has 1 nitrogen and oxygen atoms in total. The number of rotatable bonds is 3. The third kappa shape index (κ3) is 2.66. The topological polar surface area (TPSA) is 20.2 Å². The molecule has 4 aliphatic carbocycles. The summed E-state index contributed by atoms with van der Waals surface area (Å²) in [6.07, 6.45) is 13.7. The van der Waals surface area contributed by atoms with E-state index >= 15 is 0 Å². The van der Waals surface area contributed by atoms with Crippen molar-refractivity contribution in [2.45, 2.75) is 105 Å². The molecule has 4 fully saturated rings. The number of aliphatic hydroxyl groups is 1. The van der Waals surface area contributed by atoms with Crippen molar-refractivity contribution in [3.8, 4) is 0 Å². The zero-order chi connectivity index (χ0) is 18.7. The van der Waals surface area contributed by atoms with Crippen molar-refractivity contribution < 1.29 is 5.11 Å².